The fraction of sp³-hybridized carbons (Fsp3) is 0.529. The first-order valence-electron chi connectivity index (χ1n) is 7.40. The molecule has 0 amide bonds. The molecule has 1 aromatic rings. The van der Waals surface area contributed by atoms with Crippen molar-refractivity contribution in [2.24, 2.45) is 11.7 Å². The van der Waals surface area contributed by atoms with Crippen molar-refractivity contribution in [3.63, 3.8) is 0 Å². The molecule has 0 aromatic heterocycles. The third kappa shape index (κ3) is 3.76. The van der Waals surface area contributed by atoms with Gasteiger partial charge in [-0.15, -0.1) is 0 Å². The van der Waals surface area contributed by atoms with Crippen LogP contribution in [0.3, 0.4) is 0 Å². The largest absolute Gasteiger partial charge is 0.497 e. The lowest BCUT2D eigenvalue weighted by Gasteiger charge is -2.24. The van der Waals surface area contributed by atoms with E-state index in [1.807, 2.05) is 18.2 Å². The second-order valence-electron chi connectivity index (χ2n) is 5.40. The molecule has 0 radical (unpaired) electrons. The molecule has 2 N–H and O–H groups in total. The molecule has 1 aliphatic carbocycles. The Bertz CT molecular complexity index is 440. The number of ether oxygens (including phenoxy) is 2. The third-order valence-electron chi connectivity index (χ3n) is 4.09. The Morgan fingerprint density at radius 3 is 2.20 bits per heavy atom. The van der Waals surface area contributed by atoms with Gasteiger partial charge in [-0.25, -0.2) is 0 Å². The molecule has 2 rings (SSSR count). The zero-order valence-electron chi connectivity index (χ0n) is 12.5. The Hall–Kier alpha value is -1.48. The molecule has 1 fully saturated rings. The molecule has 0 heterocycles. The normalized spacial score (nSPS) is 17.1. The summed E-state index contributed by atoms with van der Waals surface area (Å²) in [5.41, 5.74) is 8.41. The summed E-state index contributed by atoms with van der Waals surface area (Å²) >= 11 is 0. The van der Waals surface area contributed by atoms with Crippen LogP contribution < -0.4 is 15.2 Å². The van der Waals surface area contributed by atoms with Crippen molar-refractivity contribution in [1.82, 2.24) is 0 Å². The first kappa shape index (κ1) is 14.9. The summed E-state index contributed by atoms with van der Waals surface area (Å²) in [5.74, 6) is 2.28. The Balaban J connectivity index is 2.25. The van der Waals surface area contributed by atoms with E-state index in [4.69, 9.17) is 15.2 Å². The van der Waals surface area contributed by atoms with Crippen LogP contribution in [0.15, 0.2) is 23.8 Å². The molecule has 3 heteroatoms. The molecule has 1 aromatic carbocycles. The van der Waals surface area contributed by atoms with Gasteiger partial charge in [-0.1, -0.05) is 30.9 Å². The summed E-state index contributed by atoms with van der Waals surface area (Å²) in [7, 11) is 3.35. The molecule has 1 aliphatic rings. The van der Waals surface area contributed by atoms with Crippen molar-refractivity contribution < 1.29 is 9.47 Å². The average Bonchev–Trinajstić information content (AvgIpc) is 2.53. The fourth-order valence-electron chi connectivity index (χ4n) is 2.94. The summed E-state index contributed by atoms with van der Waals surface area (Å²) in [6, 6.07) is 5.95. The van der Waals surface area contributed by atoms with E-state index in [1.54, 1.807) is 14.2 Å². The Labute approximate surface area is 121 Å². The maximum atomic E-state index is 5.96. The molecule has 110 valence electrons. The molecular formula is C17H25NO2. The van der Waals surface area contributed by atoms with Gasteiger partial charge >= 0.3 is 0 Å². The van der Waals surface area contributed by atoms with E-state index >= 15 is 0 Å². The van der Waals surface area contributed by atoms with Crippen LogP contribution in [0, 0.1) is 5.92 Å². The highest BCUT2D eigenvalue weighted by atomic mass is 16.5. The van der Waals surface area contributed by atoms with Crippen LogP contribution in [0.1, 0.15) is 37.7 Å². The maximum absolute atomic E-state index is 5.96. The standard InChI is InChI=1S/C17H25NO2/c1-19-16-9-13(10-17(11-16)20-2)8-15(12-18)14-6-4-3-5-7-14/h8-11,14H,3-7,12,18H2,1-2H3/b15-8-. The second-order valence-corrected chi connectivity index (χ2v) is 5.40. The minimum atomic E-state index is 0.629. The van der Waals surface area contributed by atoms with Gasteiger partial charge in [0.05, 0.1) is 14.2 Å². The second kappa shape index (κ2) is 7.34. The van der Waals surface area contributed by atoms with Crippen LogP contribution in [0.2, 0.25) is 0 Å². The molecule has 0 saturated heterocycles. The molecule has 0 bridgehead atoms. The van der Waals surface area contributed by atoms with Crippen LogP contribution in [-0.2, 0) is 0 Å². The topological polar surface area (TPSA) is 44.5 Å². The van der Waals surface area contributed by atoms with Gasteiger partial charge < -0.3 is 15.2 Å². The molecular weight excluding hydrogens is 250 g/mol. The van der Waals surface area contributed by atoms with Gasteiger partial charge in [0.1, 0.15) is 11.5 Å². The first-order valence-corrected chi connectivity index (χ1v) is 7.40. The minimum absolute atomic E-state index is 0.629. The molecule has 0 atom stereocenters. The summed E-state index contributed by atoms with van der Waals surface area (Å²) < 4.78 is 10.6. The first-order chi connectivity index (χ1) is 9.76. The van der Waals surface area contributed by atoms with E-state index < -0.39 is 0 Å². The highest BCUT2D eigenvalue weighted by Gasteiger charge is 2.17. The van der Waals surface area contributed by atoms with Gasteiger partial charge in [0.15, 0.2) is 0 Å². The van der Waals surface area contributed by atoms with Gasteiger partial charge in [0.2, 0.25) is 0 Å². The lowest BCUT2D eigenvalue weighted by atomic mass is 9.83. The van der Waals surface area contributed by atoms with E-state index in [-0.39, 0.29) is 0 Å². The quantitative estimate of drug-likeness (QED) is 0.892. The number of nitrogens with two attached hydrogens (primary N) is 1. The zero-order valence-corrected chi connectivity index (χ0v) is 12.5. The predicted octanol–water partition coefficient (Wildman–Crippen LogP) is 3.63. The zero-order chi connectivity index (χ0) is 14.4. The molecule has 1 saturated carbocycles. The van der Waals surface area contributed by atoms with Crippen molar-refractivity contribution in [3.05, 3.63) is 29.3 Å². The predicted molar refractivity (Wildman–Crippen MR) is 83.2 cm³/mol. The molecule has 20 heavy (non-hydrogen) atoms. The van der Waals surface area contributed by atoms with E-state index in [0.29, 0.717) is 12.5 Å². The number of hydrogen-bond donors (Lipinski definition) is 1. The molecule has 3 nitrogen and oxygen atoms in total. The van der Waals surface area contributed by atoms with E-state index in [9.17, 15) is 0 Å². The number of rotatable bonds is 5. The summed E-state index contributed by atoms with van der Waals surface area (Å²) in [6.07, 6.45) is 8.75. The Morgan fingerprint density at radius 2 is 1.70 bits per heavy atom. The van der Waals surface area contributed by atoms with E-state index in [1.165, 1.54) is 37.7 Å². The lowest BCUT2D eigenvalue weighted by Crippen LogP contribution is -2.16. The Morgan fingerprint density at radius 1 is 1.10 bits per heavy atom. The van der Waals surface area contributed by atoms with E-state index in [2.05, 4.69) is 6.08 Å². The van der Waals surface area contributed by atoms with Crippen LogP contribution in [-0.4, -0.2) is 20.8 Å². The van der Waals surface area contributed by atoms with Crippen LogP contribution in [0.4, 0.5) is 0 Å². The van der Waals surface area contributed by atoms with Gasteiger partial charge in [0.25, 0.3) is 0 Å². The summed E-state index contributed by atoms with van der Waals surface area (Å²) in [5, 5.41) is 0. The SMILES string of the molecule is COc1cc(/C=C(/CN)C2CCCCC2)cc(OC)c1. The average molecular weight is 275 g/mol. The molecule has 0 aliphatic heterocycles. The van der Waals surface area contributed by atoms with E-state index in [0.717, 1.165) is 17.1 Å². The fourth-order valence-corrected chi connectivity index (χ4v) is 2.94. The monoisotopic (exact) mass is 275 g/mol. The highest BCUT2D eigenvalue weighted by Crippen LogP contribution is 2.31. The minimum Gasteiger partial charge on any atom is -0.497 e. The van der Waals surface area contributed by atoms with Gasteiger partial charge in [-0.05, 0) is 36.5 Å². The van der Waals surface area contributed by atoms with Crippen LogP contribution in [0.5, 0.6) is 11.5 Å². The van der Waals surface area contributed by atoms with Crippen molar-refractivity contribution in [1.29, 1.82) is 0 Å². The number of hydrogen-bond acceptors (Lipinski definition) is 3. The molecule has 0 unspecified atom stereocenters. The summed E-state index contributed by atoms with van der Waals surface area (Å²) in [4.78, 5) is 0. The van der Waals surface area contributed by atoms with Gasteiger partial charge in [-0.2, -0.15) is 0 Å². The summed E-state index contributed by atoms with van der Waals surface area (Å²) in [6.45, 7) is 0.629. The smallest absolute Gasteiger partial charge is 0.123 e. The molecule has 0 spiro atoms. The third-order valence-corrected chi connectivity index (χ3v) is 4.09. The maximum Gasteiger partial charge on any atom is 0.123 e. The highest BCUT2D eigenvalue weighted by molar-refractivity contribution is 5.58. The van der Waals surface area contributed by atoms with Crippen LogP contribution >= 0.6 is 0 Å². The Kier molecular flexibility index (Phi) is 5.48. The number of benzene rings is 1. The lowest BCUT2D eigenvalue weighted by molar-refractivity contribution is 0.394. The van der Waals surface area contributed by atoms with Gasteiger partial charge in [-0.3, -0.25) is 0 Å². The van der Waals surface area contributed by atoms with Crippen LogP contribution in [0.25, 0.3) is 6.08 Å². The van der Waals surface area contributed by atoms with Gasteiger partial charge in [0, 0.05) is 12.6 Å². The van der Waals surface area contributed by atoms with Crippen molar-refractivity contribution in [2.75, 3.05) is 20.8 Å². The van der Waals surface area contributed by atoms with Crippen molar-refractivity contribution in [3.8, 4) is 11.5 Å². The van der Waals surface area contributed by atoms with Crippen molar-refractivity contribution >= 4 is 6.08 Å². The number of methoxy groups -OCH3 is 2. The van der Waals surface area contributed by atoms with Crippen molar-refractivity contribution in [2.45, 2.75) is 32.1 Å².